The van der Waals surface area contributed by atoms with Gasteiger partial charge in [-0.2, -0.15) is 18.3 Å². The molecule has 190 valence electrons. The highest BCUT2D eigenvalue weighted by molar-refractivity contribution is 9.10. The molecular formula is C20H19BrF3N4O6S-. The van der Waals surface area contributed by atoms with Gasteiger partial charge in [0, 0.05) is 30.6 Å². The molecule has 0 spiro atoms. The lowest BCUT2D eigenvalue weighted by Crippen LogP contribution is -2.71. The number of ether oxygens (including phenoxy) is 1. The number of nitrogens with zero attached hydrogens (tertiary/aromatic N) is 3. The lowest BCUT2D eigenvalue weighted by molar-refractivity contribution is -0.301. The molecule has 15 heteroatoms. The van der Waals surface area contributed by atoms with Crippen molar-refractivity contribution in [3.8, 4) is 0 Å². The maximum Gasteiger partial charge on any atom is 0.436 e. The lowest BCUT2D eigenvalue weighted by atomic mass is 10.0. The summed E-state index contributed by atoms with van der Waals surface area (Å²) in [6.45, 7) is 0.741. The van der Waals surface area contributed by atoms with Crippen molar-refractivity contribution in [2.45, 2.75) is 56.2 Å². The number of thioether (sulfide) groups is 1. The highest BCUT2D eigenvalue weighted by atomic mass is 79.9. The van der Waals surface area contributed by atoms with Gasteiger partial charge in [0.05, 0.1) is 28.4 Å². The van der Waals surface area contributed by atoms with E-state index in [4.69, 9.17) is 4.74 Å². The van der Waals surface area contributed by atoms with Crippen LogP contribution in [0.25, 0.3) is 0 Å². The Morgan fingerprint density at radius 1 is 1.31 bits per heavy atom. The molecule has 1 saturated carbocycles. The normalized spacial score (nSPS) is 22.0. The molecule has 0 aromatic carbocycles. The molecule has 4 rings (SSSR count). The third-order valence-electron chi connectivity index (χ3n) is 5.72. The fourth-order valence-corrected chi connectivity index (χ4v) is 6.14. The van der Waals surface area contributed by atoms with Crippen LogP contribution >= 0.6 is 27.7 Å². The summed E-state index contributed by atoms with van der Waals surface area (Å²) in [6, 6.07) is -1.00. The molecule has 1 N–H and O–H groups in total. The smallest absolute Gasteiger partial charge is 0.436 e. The highest BCUT2D eigenvalue weighted by Crippen LogP contribution is 2.47. The van der Waals surface area contributed by atoms with Crippen molar-refractivity contribution >= 4 is 51.4 Å². The number of esters is 1. The molecule has 10 nitrogen and oxygen atoms in total. The number of hydrogen-bond donors (Lipinski definition) is 1. The first-order chi connectivity index (χ1) is 16.4. The van der Waals surface area contributed by atoms with E-state index >= 15 is 0 Å². The van der Waals surface area contributed by atoms with E-state index in [0.29, 0.717) is 5.69 Å². The van der Waals surface area contributed by atoms with E-state index in [9.17, 15) is 37.5 Å². The Morgan fingerprint density at radius 3 is 2.57 bits per heavy atom. The van der Waals surface area contributed by atoms with E-state index in [-0.39, 0.29) is 47.0 Å². The van der Waals surface area contributed by atoms with Crippen LogP contribution in [0.2, 0.25) is 0 Å². The maximum atomic E-state index is 13.3. The first-order valence-corrected chi connectivity index (χ1v) is 12.4. The number of nitrogens with one attached hydrogen (secondary N) is 1. The first-order valence-electron chi connectivity index (χ1n) is 10.5. The number of β-lactam (4-membered cyclic amide) rings is 1. The SMILES string of the molecule is CC(=O)OCC1=C(C(=O)[O-])N2C(=O)C(NC(=O)CCn3nc(C(F)(F)F)c(Br)c3C3CC3)C2SC1. The van der Waals surface area contributed by atoms with Gasteiger partial charge >= 0.3 is 12.1 Å². The minimum absolute atomic E-state index is 0.0625. The molecule has 2 unspecified atom stereocenters. The van der Waals surface area contributed by atoms with Crippen molar-refractivity contribution in [1.29, 1.82) is 0 Å². The minimum atomic E-state index is -4.64. The van der Waals surface area contributed by atoms with Crippen LogP contribution in [0, 0.1) is 0 Å². The number of fused-ring (bicyclic) bond motifs is 1. The van der Waals surface area contributed by atoms with Crippen LogP contribution in [-0.4, -0.2) is 62.2 Å². The first kappa shape index (κ1) is 25.5. The number of halogens is 4. The van der Waals surface area contributed by atoms with Gasteiger partial charge in [-0.15, -0.1) is 11.8 Å². The third kappa shape index (κ3) is 5.06. The van der Waals surface area contributed by atoms with Gasteiger partial charge in [0.1, 0.15) is 18.0 Å². The zero-order valence-electron chi connectivity index (χ0n) is 18.2. The Hall–Kier alpha value is -2.55. The zero-order chi connectivity index (χ0) is 25.7. The number of rotatable bonds is 8. The van der Waals surface area contributed by atoms with E-state index in [1.165, 1.54) is 16.4 Å². The Kier molecular flexibility index (Phi) is 6.92. The van der Waals surface area contributed by atoms with Crippen LogP contribution in [0.3, 0.4) is 0 Å². The summed E-state index contributed by atoms with van der Waals surface area (Å²) in [5.41, 5.74) is -0.838. The number of aryl methyl sites for hydroxylation is 1. The fraction of sp³-hybridized carbons (Fsp3) is 0.550. The molecule has 1 saturated heterocycles. The van der Waals surface area contributed by atoms with Crippen molar-refractivity contribution < 1.29 is 42.2 Å². The minimum Gasteiger partial charge on any atom is -0.543 e. The molecular weight excluding hydrogens is 561 g/mol. The number of carbonyl (C=O) groups excluding carboxylic acids is 4. The van der Waals surface area contributed by atoms with E-state index in [2.05, 4.69) is 26.3 Å². The van der Waals surface area contributed by atoms with Crippen LogP contribution in [0.15, 0.2) is 15.7 Å². The van der Waals surface area contributed by atoms with E-state index < -0.39 is 47.0 Å². The molecule has 35 heavy (non-hydrogen) atoms. The van der Waals surface area contributed by atoms with Crippen molar-refractivity contribution in [1.82, 2.24) is 20.0 Å². The maximum absolute atomic E-state index is 13.3. The Balaban J connectivity index is 1.41. The Bertz CT molecular complexity index is 1130. The summed E-state index contributed by atoms with van der Waals surface area (Å²) in [6.07, 6.45) is -3.42. The standard InChI is InChI=1S/C20H20BrF3N4O6S/c1-8(29)34-6-10-7-35-18-13(17(31)28(18)15(10)19(32)33)25-11(30)4-5-27-14(9-2-3-9)12(21)16(26-27)20(22,23)24/h9,13,18H,2-7H2,1H3,(H,25,30)(H,32,33)/p-1. The fourth-order valence-electron chi connectivity index (χ4n) is 3.98. The summed E-state index contributed by atoms with van der Waals surface area (Å²) in [4.78, 5) is 48.8. The Labute approximate surface area is 209 Å². The number of carboxylic acid groups (broad SMARTS) is 1. The summed E-state index contributed by atoms with van der Waals surface area (Å²) < 4.78 is 45.6. The second kappa shape index (κ2) is 9.48. The number of aromatic nitrogens is 2. The van der Waals surface area contributed by atoms with Crippen molar-refractivity contribution in [2.24, 2.45) is 0 Å². The van der Waals surface area contributed by atoms with Gasteiger partial charge in [0.15, 0.2) is 5.69 Å². The van der Waals surface area contributed by atoms with Crippen LogP contribution < -0.4 is 10.4 Å². The summed E-state index contributed by atoms with van der Waals surface area (Å²) >= 11 is 4.18. The van der Waals surface area contributed by atoms with Crippen LogP contribution in [0.1, 0.15) is 43.5 Å². The molecule has 2 amide bonds. The second-order valence-electron chi connectivity index (χ2n) is 8.27. The van der Waals surface area contributed by atoms with Gasteiger partial charge in [0.2, 0.25) is 5.91 Å². The van der Waals surface area contributed by atoms with Crippen molar-refractivity contribution in [3.63, 3.8) is 0 Å². The predicted octanol–water partition coefficient (Wildman–Crippen LogP) is 0.899. The molecule has 3 aliphatic rings. The summed E-state index contributed by atoms with van der Waals surface area (Å²) in [5.74, 6) is -3.40. The third-order valence-corrected chi connectivity index (χ3v) is 7.84. The summed E-state index contributed by atoms with van der Waals surface area (Å²) in [7, 11) is 0. The molecule has 1 aromatic rings. The van der Waals surface area contributed by atoms with Gasteiger partial charge < -0.3 is 20.0 Å². The molecule has 0 radical (unpaired) electrons. The van der Waals surface area contributed by atoms with Gasteiger partial charge in [-0.25, -0.2) is 0 Å². The second-order valence-corrected chi connectivity index (χ2v) is 10.2. The molecule has 0 bridgehead atoms. The average molecular weight is 580 g/mol. The zero-order valence-corrected chi connectivity index (χ0v) is 20.6. The van der Waals surface area contributed by atoms with Crippen LogP contribution in [0.4, 0.5) is 13.2 Å². The molecule has 3 heterocycles. The lowest BCUT2D eigenvalue weighted by Gasteiger charge is -2.50. The van der Waals surface area contributed by atoms with Crippen LogP contribution in [0.5, 0.6) is 0 Å². The van der Waals surface area contributed by atoms with Gasteiger partial charge in [0.25, 0.3) is 5.91 Å². The number of alkyl halides is 3. The average Bonchev–Trinajstić information content (AvgIpc) is 3.55. The van der Waals surface area contributed by atoms with Crippen molar-refractivity contribution in [3.05, 3.63) is 27.1 Å². The van der Waals surface area contributed by atoms with Crippen molar-refractivity contribution in [2.75, 3.05) is 12.4 Å². The monoisotopic (exact) mass is 579 g/mol. The van der Waals surface area contributed by atoms with Gasteiger partial charge in [-0.3, -0.25) is 24.0 Å². The molecule has 2 fully saturated rings. The highest BCUT2D eigenvalue weighted by Gasteiger charge is 2.53. The molecule has 2 aliphatic heterocycles. The number of carboxylic acids is 1. The number of carbonyl (C=O) groups is 4. The quantitative estimate of drug-likeness (QED) is 0.354. The number of aliphatic carboxylic acids is 1. The van der Waals surface area contributed by atoms with E-state index in [1.54, 1.807) is 0 Å². The van der Waals surface area contributed by atoms with E-state index in [0.717, 1.165) is 24.7 Å². The number of amides is 2. The number of hydrogen-bond acceptors (Lipinski definition) is 8. The topological polar surface area (TPSA) is 134 Å². The van der Waals surface area contributed by atoms with E-state index in [1.807, 2.05) is 0 Å². The van der Waals surface area contributed by atoms with Crippen LogP contribution in [-0.2, 0) is 36.6 Å². The molecule has 2 atom stereocenters. The summed E-state index contributed by atoms with van der Waals surface area (Å²) in [5, 5.41) is 17.1. The van der Waals surface area contributed by atoms with Gasteiger partial charge in [-0.05, 0) is 28.8 Å². The van der Waals surface area contributed by atoms with Gasteiger partial charge in [-0.1, -0.05) is 0 Å². The Morgan fingerprint density at radius 2 is 2.00 bits per heavy atom. The molecule has 1 aliphatic carbocycles. The predicted molar refractivity (Wildman–Crippen MR) is 115 cm³/mol. The molecule has 1 aromatic heterocycles. The largest absolute Gasteiger partial charge is 0.543 e.